The molecule has 0 fully saturated rings. The number of halogens is 1. The SMILES string of the molecule is O=C([O-])c1cc(Cl)ccn1.[Na+]. The summed E-state index contributed by atoms with van der Waals surface area (Å²) in [5.74, 6) is -1.32. The number of aromatic carboxylic acids is 1. The number of rotatable bonds is 1. The summed E-state index contributed by atoms with van der Waals surface area (Å²) in [6.07, 6.45) is 1.31. The number of carboxylic acid groups (broad SMARTS) is 1. The number of carboxylic acids is 1. The van der Waals surface area contributed by atoms with Crippen LogP contribution in [-0.2, 0) is 0 Å². The Hall–Kier alpha value is -0.0900. The normalized spacial score (nSPS) is 8.45. The van der Waals surface area contributed by atoms with Gasteiger partial charge in [0.1, 0.15) is 0 Å². The van der Waals surface area contributed by atoms with E-state index in [4.69, 9.17) is 11.6 Å². The summed E-state index contributed by atoms with van der Waals surface area (Å²) < 4.78 is 0. The predicted molar refractivity (Wildman–Crippen MR) is 33.6 cm³/mol. The zero-order chi connectivity index (χ0) is 7.56. The molecule has 0 aliphatic heterocycles. The van der Waals surface area contributed by atoms with Crippen LogP contribution in [0.4, 0.5) is 0 Å². The van der Waals surface area contributed by atoms with E-state index < -0.39 is 5.97 Å². The molecular formula is C6H3ClNNaO2. The second-order valence-electron chi connectivity index (χ2n) is 1.65. The molecule has 0 saturated heterocycles. The quantitative estimate of drug-likeness (QED) is 0.435. The molecule has 0 spiro atoms. The molecule has 0 radical (unpaired) electrons. The first-order valence-electron chi connectivity index (χ1n) is 2.53. The van der Waals surface area contributed by atoms with Crippen molar-refractivity contribution in [1.82, 2.24) is 4.98 Å². The molecule has 0 N–H and O–H groups in total. The fraction of sp³-hybridized carbons (Fsp3) is 0. The predicted octanol–water partition coefficient (Wildman–Crippen LogP) is -2.90. The Labute approximate surface area is 90.7 Å². The molecule has 1 aromatic heterocycles. The van der Waals surface area contributed by atoms with E-state index in [0.717, 1.165) is 0 Å². The molecule has 0 aromatic carbocycles. The van der Waals surface area contributed by atoms with Crippen LogP contribution in [0, 0.1) is 0 Å². The Balaban J connectivity index is 0.000001000. The van der Waals surface area contributed by atoms with E-state index in [2.05, 4.69) is 4.98 Å². The smallest absolute Gasteiger partial charge is 0.543 e. The first kappa shape index (κ1) is 10.9. The van der Waals surface area contributed by atoms with Gasteiger partial charge in [-0.05, 0) is 12.1 Å². The van der Waals surface area contributed by atoms with E-state index in [0.29, 0.717) is 5.02 Å². The van der Waals surface area contributed by atoms with Crippen molar-refractivity contribution >= 4 is 17.6 Å². The van der Waals surface area contributed by atoms with E-state index >= 15 is 0 Å². The van der Waals surface area contributed by atoms with Crippen molar-refractivity contribution in [1.29, 1.82) is 0 Å². The number of carbonyl (C=O) groups is 1. The molecule has 1 aromatic rings. The second kappa shape index (κ2) is 4.72. The van der Waals surface area contributed by atoms with Gasteiger partial charge in [-0.25, -0.2) is 0 Å². The molecule has 3 nitrogen and oxygen atoms in total. The average Bonchev–Trinajstić information content (AvgIpc) is 1.88. The third-order valence-electron chi connectivity index (χ3n) is 0.931. The van der Waals surface area contributed by atoms with Crippen LogP contribution in [0.1, 0.15) is 10.5 Å². The van der Waals surface area contributed by atoms with Gasteiger partial charge < -0.3 is 9.90 Å². The number of nitrogens with zero attached hydrogens (tertiary/aromatic N) is 1. The maximum absolute atomic E-state index is 10.1. The van der Waals surface area contributed by atoms with Gasteiger partial charge >= 0.3 is 29.6 Å². The molecule has 5 heteroatoms. The maximum atomic E-state index is 10.1. The molecule has 0 aliphatic carbocycles. The second-order valence-corrected chi connectivity index (χ2v) is 2.08. The topological polar surface area (TPSA) is 53.0 Å². The standard InChI is InChI=1S/C6H4ClNO2.Na/c7-4-1-2-8-5(3-4)6(9)10;/h1-3H,(H,9,10);/q;+1/p-1. The molecular weight excluding hydrogens is 177 g/mol. The minimum absolute atomic E-state index is 0. The molecule has 1 heterocycles. The van der Waals surface area contributed by atoms with Gasteiger partial charge in [-0.3, -0.25) is 4.98 Å². The Morgan fingerprint density at radius 1 is 1.64 bits per heavy atom. The van der Waals surface area contributed by atoms with Gasteiger partial charge in [0.2, 0.25) is 0 Å². The number of aromatic nitrogens is 1. The Bertz CT molecular complexity index is 267. The largest absolute Gasteiger partial charge is 1.00 e. The van der Waals surface area contributed by atoms with Crippen LogP contribution in [0.5, 0.6) is 0 Å². The van der Waals surface area contributed by atoms with Crippen molar-refractivity contribution in [3.8, 4) is 0 Å². The monoisotopic (exact) mass is 179 g/mol. The molecule has 0 aliphatic rings. The van der Waals surface area contributed by atoms with E-state index in [1.165, 1.54) is 18.3 Å². The molecule has 0 amide bonds. The van der Waals surface area contributed by atoms with Gasteiger partial charge in [-0.2, -0.15) is 0 Å². The van der Waals surface area contributed by atoms with Crippen LogP contribution in [0.2, 0.25) is 5.02 Å². The zero-order valence-electron chi connectivity index (χ0n) is 5.87. The molecule has 0 bridgehead atoms. The Morgan fingerprint density at radius 3 is 2.64 bits per heavy atom. The van der Waals surface area contributed by atoms with Crippen LogP contribution in [-0.4, -0.2) is 11.0 Å². The van der Waals surface area contributed by atoms with Gasteiger partial charge in [0.25, 0.3) is 0 Å². The first-order valence-corrected chi connectivity index (χ1v) is 2.91. The van der Waals surface area contributed by atoms with Crippen LogP contribution < -0.4 is 34.7 Å². The van der Waals surface area contributed by atoms with Gasteiger partial charge in [0.15, 0.2) is 0 Å². The van der Waals surface area contributed by atoms with Gasteiger partial charge in [0.05, 0.1) is 11.7 Å². The Morgan fingerprint density at radius 2 is 2.27 bits per heavy atom. The summed E-state index contributed by atoms with van der Waals surface area (Å²) >= 11 is 5.46. The van der Waals surface area contributed by atoms with E-state index in [1.54, 1.807) is 0 Å². The van der Waals surface area contributed by atoms with Crippen molar-refractivity contribution < 1.29 is 39.5 Å². The van der Waals surface area contributed by atoms with Crippen LogP contribution in [0.15, 0.2) is 18.3 Å². The van der Waals surface area contributed by atoms with Crippen LogP contribution in [0.3, 0.4) is 0 Å². The van der Waals surface area contributed by atoms with Crippen molar-refractivity contribution in [2.24, 2.45) is 0 Å². The van der Waals surface area contributed by atoms with Crippen molar-refractivity contribution in [2.75, 3.05) is 0 Å². The van der Waals surface area contributed by atoms with E-state index in [9.17, 15) is 9.90 Å². The number of pyridine rings is 1. The zero-order valence-corrected chi connectivity index (χ0v) is 8.63. The van der Waals surface area contributed by atoms with E-state index in [1.807, 2.05) is 0 Å². The summed E-state index contributed by atoms with van der Waals surface area (Å²) in [6, 6.07) is 2.73. The molecule has 0 unspecified atom stereocenters. The summed E-state index contributed by atoms with van der Waals surface area (Å²) in [7, 11) is 0. The fourth-order valence-corrected chi connectivity index (χ4v) is 0.676. The van der Waals surface area contributed by atoms with E-state index in [-0.39, 0.29) is 35.3 Å². The number of carbonyl (C=O) groups excluding carboxylic acids is 1. The van der Waals surface area contributed by atoms with Gasteiger partial charge in [-0.1, -0.05) is 11.6 Å². The summed E-state index contributed by atoms with van der Waals surface area (Å²) in [6.45, 7) is 0. The van der Waals surface area contributed by atoms with Gasteiger partial charge in [-0.15, -0.1) is 0 Å². The molecule has 0 saturated carbocycles. The molecule has 11 heavy (non-hydrogen) atoms. The summed E-state index contributed by atoms with van der Waals surface area (Å²) in [5, 5.41) is 10.5. The van der Waals surface area contributed by atoms with Crippen LogP contribution in [0.25, 0.3) is 0 Å². The molecule has 0 atom stereocenters. The molecule has 52 valence electrons. The summed E-state index contributed by atoms with van der Waals surface area (Å²) in [5.41, 5.74) is -0.146. The first-order chi connectivity index (χ1) is 4.70. The van der Waals surface area contributed by atoms with Crippen LogP contribution >= 0.6 is 11.6 Å². The fourth-order valence-electron chi connectivity index (χ4n) is 0.516. The Kier molecular flexibility index (Phi) is 4.68. The molecule has 1 rings (SSSR count). The average molecular weight is 180 g/mol. The van der Waals surface area contributed by atoms with Crippen molar-refractivity contribution in [3.63, 3.8) is 0 Å². The van der Waals surface area contributed by atoms with Crippen molar-refractivity contribution in [3.05, 3.63) is 29.0 Å². The summed E-state index contributed by atoms with van der Waals surface area (Å²) in [4.78, 5) is 13.6. The van der Waals surface area contributed by atoms with Crippen molar-refractivity contribution in [2.45, 2.75) is 0 Å². The minimum Gasteiger partial charge on any atom is -0.543 e. The number of hydrogen-bond donors (Lipinski definition) is 0. The third-order valence-corrected chi connectivity index (χ3v) is 1.17. The number of hydrogen-bond acceptors (Lipinski definition) is 3. The van der Waals surface area contributed by atoms with Gasteiger partial charge in [0, 0.05) is 11.2 Å². The minimum atomic E-state index is -1.32. The maximum Gasteiger partial charge on any atom is 1.00 e. The third kappa shape index (κ3) is 3.20.